The number of ether oxygens (including phenoxy) is 1. The molecule has 0 bridgehead atoms. The second-order valence-electron chi connectivity index (χ2n) is 7.95. The summed E-state index contributed by atoms with van der Waals surface area (Å²) < 4.78 is 92.2. The number of alkyl halides is 7. The summed E-state index contributed by atoms with van der Waals surface area (Å²) >= 11 is -1.74. The number of esters is 1. The van der Waals surface area contributed by atoms with Crippen molar-refractivity contribution in [1.82, 2.24) is 7.06 Å². The summed E-state index contributed by atoms with van der Waals surface area (Å²) in [4.78, 5) is 12.8. The van der Waals surface area contributed by atoms with Crippen LogP contribution < -0.4 is 7.06 Å². The molecular weight excluding hydrogens is 497 g/mol. The Hall–Kier alpha value is -0.340. The van der Waals surface area contributed by atoms with Crippen LogP contribution in [-0.4, -0.2) is 38.3 Å². The molecule has 0 aromatic rings. The Morgan fingerprint density at radius 2 is 1.30 bits per heavy atom. The van der Waals surface area contributed by atoms with Gasteiger partial charge in [-0.2, -0.15) is 0 Å². The first-order valence-electron chi connectivity index (χ1n) is 8.17. The van der Waals surface area contributed by atoms with Gasteiger partial charge >= 0.3 is 160 Å². The van der Waals surface area contributed by atoms with E-state index < -0.39 is 70.8 Å². The zero-order chi connectivity index (χ0) is 21.4. The topological polar surface area (TPSA) is 90.4 Å². The number of rotatable bonds is 6. The Bertz CT molecular complexity index is 604. The molecule has 0 atom stereocenters. The van der Waals surface area contributed by atoms with E-state index in [4.69, 9.17) is 4.74 Å². The molecule has 0 unspecified atom stereocenters. The third-order valence-corrected chi connectivity index (χ3v) is 10.5. The average Bonchev–Trinajstić information content (AvgIpc) is 3.29. The summed E-state index contributed by atoms with van der Waals surface area (Å²) in [6, 6.07) is 0. The molecule has 2 saturated heterocycles. The fourth-order valence-corrected chi connectivity index (χ4v) is 9.10. The number of halogens is 7. The van der Waals surface area contributed by atoms with Gasteiger partial charge in [-0.05, 0) is 0 Å². The van der Waals surface area contributed by atoms with Gasteiger partial charge in [0.1, 0.15) is 0 Å². The molecule has 0 saturated carbocycles. The minimum atomic E-state index is -6.11. The number of carbonyl (C=O) groups is 1. The Balaban J connectivity index is 2.60. The summed E-state index contributed by atoms with van der Waals surface area (Å²) in [7, 11) is 0. The Morgan fingerprint density at radius 3 is 1.52 bits per heavy atom. The van der Waals surface area contributed by atoms with Crippen molar-refractivity contribution in [3.8, 4) is 0 Å². The van der Waals surface area contributed by atoms with Crippen LogP contribution in [0.4, 0.5) is 26.3 Å². The van der Waals surface area contributed by atoms with Crippen molar-refractivity contribution in [2.24, 2.45) is 17.3 Å². The second-order valence-corrected chi connectivity index (χ2v) is 12.3. The van der Waals surface area contributed by atoms with Crippen molar-refractivity contribution in [3.05, 3.63) is 0 Å². The number of hydrogen-bond acceptors (Lipinski definition) is 5. The molecule has 0 spiro atoms. The molecule has 0 radical (unpaired) electrons. The zero-order valence-corrected chi connectivity index (χ0v) is 17.7. The molecule has 3 N–H and O–H groups in total. The maximum absolute atomic E-state index is 13.6. The normalized spacial score (nSPS) is 21.4. The molecule has 160 valence electrons. The first-order chi connectivity index (χ1) is 11.8. The quantitative estimate of drug-likeness (QED) is 0.0947. The van der Waals surface area contributed by atoms with Crippen molar-refractivity contribution < 1.29 is 41.0 Å². The van der Waals surface area contributed by atoms with Gasteiger partial charge in [0.25, 0.3) is 0 Å². The molecule has 2 aliphatic heterocycles. The number of nitrogens with one attached hydrogen (secondary N) is 2. The minimum absolute atomic E-state index is 0.748. The molecule has 0 aliphatic carbocycles. The molecule has 2 fully saturated rings. The molecular formula is C15H23F6IN2O3. The molecule has 12 heteroatoms. The van der Waals surface area contributed by atoms with Gasteiger partial charge in [-0.3, -0.25) is 0 Å². The van der Waals surface area contributed by atoms with Crippen LogP contribution in [0.25, 0.3) is 0 Å². The Labute approximate surface area is 160 Å². The molecule has 2 aliphatic rings. The number of hydrogen-bond donors (Lipinski definition) is 3. The van der Waals surface area contributed by atoms with E-state index in [-0.39, 0.29) is 0 Å². The van der Waals surface area contributed by atoms with Gasteiger partial charge < -0.3 is 0 Å². The van der Waals surface area contributed by atoms with E-state index in [9.17, 15) is 36.2 Å². The van der Waals surface area contributed by atoms with Crippen molar-refractivity contribution in [3.63, 3.8) is 0 Å². The number of carbonyl (C=O) groups excluding carboxylic acids is 1. The van der Waals surface area contributed by atoms with E-state index in [1.165, 1.54) is 13.8 Å². The average molecular weight is 520 g/mol. The Morgan fingerprint density at radius 1 is 0.963 bits per heavy atom. The fourth-order valence-electron chi connectivity index (χ4n) is 3.53. The zero-order valence-electron chi connectivity index (χ0n) is 15.6. The van der Waals surface area contributed by atoms with Gasteiger partial charge in [0.15, 0.2) is 0 Å². The van der Waals surface area contributed by atoms with E-state index in [1.54, 1.807) is 0 Å². The SMILES string of the molecule is CC(C)C(OC(=O)C(C)(C)C12NI1N2)(C(C)C)C(O)(C(F)(F)F)C(F)(F)F. The van der Waals surface area contributed by atoms with Gasteiger partial charge in [0.05, 0.1) is 0 Å². The van der Waals surface area contributed by atoms with Crippen LogP contribution in [-0.2, 0) is 9.53 Å². The van der Waals surface area contributed by atoms with Gasteiger partial charge in [-0.1, -0.05) is 0 Å². The van der Waals surface area contributed by atoms with Gasteiger partial charge in [-0.15, -0.1) is 0 Å². The molecule has 2 heterocycles. The maximum atomic E-state index is 13.6. The fraction of sp³-hybridized carbons (Fsp3) is 0.933. The summed E-state index contributed by atoms with van der Waals surface area (Å²) in [6.07, 6.45) is -12.2. The van der Waals surface area contributed by atoms with E-state index >= 15 is 0 Å². The Kier molecular flexibility index (Phi) is 5.17. The van der Waals surface area contributed by atoms with E-state index in [0.717, 1.165) is 27.7 Å². The van der Waals surface area contributed by atoms with Crippen LogP contribution >= 0.6 is 20.4 Å². The first kappa shape index (κ1) is 22.9. The summed E-state index contributed by atoms with van der Waals surface area (Å²) in [5, 5.41) is 10.1. The molecule has 0 amide bonds. The predicted molar refractivity (Wildman–Crippen MR) is 92.4 cm³/mol. The second kappa shape index (κ2) is 6.08. The monoisotopic (exact) mass is 520 g/mol. The van der Waals surface area contributed by atoms with Crippen molar-refractivity contribution >= 4 is 26.3 Å². The van der Waals surface area contributed by atoms with Crippen LogP contribution in [0.3, 0.4) is 0 Å². The predicted octanol–water partition coefficient (Wildman–Crippen LogP) is 3.66. The van der Waals surface area contributed by atoms with Crippen LogP contribution in [0.1, 0.15) is 41.5 Å². The van der Waals surface area contributed by atoms with Crippen molar-refractivity contribution in [2.75, 3.05) is 0 Å². The first-order valence-corrected chi connectivity index (χ1v) is 11.4. The standard InChI is InChI=1S/C15H23F6IN2O3/c1-7(2)11(8(3)4,12(26,13(16,17)18)14(19,20)21)27-9(25)10(5,6)15-22(23-15)24-15/h7-8,23-24,26H,1-6H3. The molecule has 5 nitrogen and oxygen atoms in total. The molecule has 27 heavy (non-hydrogen) atoms. The van der Waals surface area contributed by atoms with Crippen LogP contribution in [0.5, 0.6) is 0 Å². The van der Waals surface area contributed by atoms with Gasteiger partial charge in [0.2, 0.25) is 0 Å². The van der Waals surface area contributed by atoms with E-state index in [2.05, 4.69) is 7.06 Å². The summed E-state index contributed by atoms with van der Waals surface area (Å²) in [5.41, 5.74) is -9.88. The van der Waals surface area contributed by atoms with Gasteiger partial charge in [0, 0.05) is 0 Å². The number of fused-ring (bicyclic) bond motifs is 1. The number of aliphatic hydroxyl groups is 1. The third kappa shape index (κ3) is 2.88. The molecule has 2 rings (SSSR count). The van der Waals surface area contributed by atoms with Crippen molar-refractivity contribution in [1.29, 1.82) is 0 Å². The van der Waals surface area contributed by atoms with Crippen molar-refractivity contribution in [2.45, 2.75) is 68.8 Å². The van der Waals surface area contributed by atoms with E-state index in [1.807, 2.05) is 0 Å². The van der Waals surface area contributed by atoms with E-state index in [0.29, 0.717) is 0 Å². The molecule has 0 aromatic heterocycles. The van der Waals surface area contributed by atoms with Crippen LogP contribution in [0.2, 0.25) is 0 Å². The molecule has 0 aromatic carbocycles. The summed E-state index contributed by atoms with van der Waals surface area (Å²) in [6.45, 7) is 7.03. The van der Waals surface area contributed by atoms with Crippen LogP contribution in [0, 0.1) is 17.3 Å². The third-order valence-electron chi connectivity index (χ3n) is 5.40. The van der Waals surface area contributed by atoms with Crippen LogP contribution in [0.15, 0.2) is 0 Å². The summed E-state index contributed by atoms with van der Waals surface area (Å²) in [5.74, 6) is -4.21. The van der Waals surface area contributed by atoms with Gasteiger partial charge in [-0.25, -0.2) is 0 Å².